The first-order chi connectivity index (χ1) is 15.3. The molecule has 0 saturated carbocycles. The van der Waals surface area contributed by atoms with Gasteiger partial charge in [0.25, 0.3) is 0 Å². The second kappa shape index (κ2) is 12.7. The summed E-state index contributed by atoms with van der Waals surface area (Å²) in [6, 6.07) is 16.1. The molecule has 0 fully saturated rings. The second-order valence-corrected chi connectivity index (χ2v) is 7.31. The molecule has 4 aromatic rings. The van der Waals surface area contributed by atoms with Crippen LogP contribution in [0.1, 0.15) is 20.3 Å². The number of halogens is 2. The van der Waals surface area contributed by atoms with Crippen molar-refractivity contribution in [1.29, 1.82) is 0 Å². The number of hydrogen-bond donors (Lipinski definition) is 0. The summed E-state index contributed by atoms with van der Waals surface area (Å²) < 4.78 is 1.95. The summed E-state index contributed by atoms with van der Waals surface area (Å²) in [7, 11) is 0. The Morgan fingerprint density at radius 2 is 1.70 bits per heavy atom. The molecule has 33 heavy (non-hydrogen) atoms. The number of fused-ring (bicyclic) bond motifs is 1. The lowest BCUT2D eigenvalue weighted by atomic mass is 10.0. The Labute approximate surface area is 207 Å². The topological polar surface area (TPSA) is 43.6 Å². The molecule has 1 aromatic carbocycles. The van der Waals surface area contributed by atoms with Crippen LogP contribution in [0.2, 0.25) is 0 Å². The molecule has 0 radical (unpaired) electrons. The highest BCUT2D eigenvalue weighted by Crippen LogP contribution is 2.34. The fourth-order valence-electron chi connectivity index (χ4n) is 3.49. The lowest BCUT2D eigenvalue weighted by molar-refractivity contribution is 0.662. The molecular formula is C27H28Cl2N4. The average molecular weight is 479 g/mol. The third-order valence-electron chi connectivity index (χ3n) is 5.11. The molecule has 0 amide bonds. The number of rotatable bonds is 3. The van der Waals surface area contributed by atoms with E-state index in [4.69, 9.17) is 5.10 Å². The summed E-state index contributed by atoms with van der Waals surface area (Å²) in [5, 5.41) is 5.84. The van der Waals surface area contributed by atoms with Gasteiger partial charge in [-0.3, -0.25) is 14.6 Å². The Balaban J connectivity index is 0.000000331. The van der Waals surface area contributed by atoms with Crippen LogP contribution in [0.5, 0.6) is 0 Å². The van der Waals surface area contributed by atoms with E-state index in [1.807, 2.05) is 53.3 Å². The van der Waals surface area contributed by atoms with Gasteiger partial charge in [0.05, 0.1) is 11.2 Å². The molecule has 3 aromatic heterocycles. The van der Waals surface area contributed by atoms with Gasteiger partial charge in [-0.1, -0.05) is 60.2 Å². The third-order valence-corrected chi connectivity index (χ3v) is 5.11. The smallest absolute Gasteiger partial charge is 0.119 e. The summed E-state index contributed by atoms with van der Waals surface area (Å²) >= 11 is 0. The quantitative estimate of drug-likeness (QED) is 0.306. The number of nitrogens with zero attached hydrogens (tertiary/aromatic N) is 4. The minimum Gasteiger partial charge on any atom is -0.272 e. The van der Waals surface area contributed by atoms with Crippen LogP contribution in [0.25, 0.3) is 33.4 Å². The molecule has 0 spiro atoms. The zero-order valence-electron chi connectivity index (χ0n) is 18.8. The summed E-state index contributed by atoms with van der Waals surface area (Å²) in [5.74, 6) is 0. The SMILES string of the molecule is CC1=CCC=CC=C1.CCn1cc(-c2ccnc3ccccc23)c(-c2ccccn2)n1.Cl.Cl. The Kier molecular flexibility index (Phi) is 10.0. The zero-order valence-corrected chi connectivity index (χ0v) is 20.4. The Morgan fingerprint density at radius 3 is 2.48 bits per heavy atom. The predicted octanol–water partition coefficient (Wildman–Crippen LogP) is 7.47. The minimum absolute atomic E-state index is 0. The molecule has 170 valence electrons. The molecule has 0 unspecified atom stereocenters. The fourth-order valence-corrected chi connectivity index (χ4v) is 3.49. The van der Waals surface area contributed by atoms with Crippen molar-refractivity contribution < 1.29 is 0 Å². The number of pyridine rings is 2. The highest BCUT2D eigenvalue weighted by molar-refractivity contribution is 5.97. The van der Waals surface area contributed by atoms with E-state index in [0.717, 1.165) is 46.4 Å². The molecule has 5 rings (SSSR count). The number of hydrogen-bond acceptors (Lipinski definition) is 3. The van der Waals surface area contributed by atoms with E-state index in [1.165, 1.54) is 5.57 Å². The number of allylic oxidation sites excluding steroid dienone is 6. The minimum atomic E-state index is 0. The Morgan fingerprint density at radius 1 is 0.879 bits per heavy atom. The Hall–Kier alpha value is -3.21. The lowest BCUT2D eigenvalue weighted by Gasteiger charge is -2.06. The number of aryl methyl sites for hydroxylation is 1. The standard InChI is InChI=1S/C19H16N4.C8H10.2ClH/c1-2-23-13-16(19(22-23)18-9-5-6-11-20-18)14-10-12-21-17-8-4-3-7-15(14)17;1-8-6-4-2-3-5-7-8;;/h3-13H,2H2,1H3;2-4,6-7H,5H2,1H3;2*1H. The Bertz CT molecular complexity index is 1250. The zero-order chi connectivity index (χ0) is 21.5. The van der Waals surface area contributed by atoms with Gasteiger partial charge >= 0.3 is 0 Å². The fraction of sp³-hybridized carbons (Fsp3) is 0.148. The average Bonchev–Trinajstić information content (AvgIpc) is 3.12. The normalized spacial score (nSPS) is 12.0. The van der Waals surface area contributed by atoms with Crippen LogP contribution in [0.4, 0.5) is 0 Å². The summed E-state index contributed by atoms with van der Waals surface area (Å²) in [4.78, 5) is 8.93. The molecule has 0 N–H and O–H groups in total. The molecule has 6 heteroatoms. The number of benzene rings is 1. The van der Waals surface area contributed by atoms with Crippen molar-refractivity contribution in [1.82, 2.24) is 19.7 Å². The van der Waals surface area contributed by atoms with Gasteiger partial charge in [0.2, 0.25) is 0 Å². The van der Waals surface area contributed by atoms with Gasteiger partial charge in [-0.05, 0) is 50.1 Å². The van der Waals surface area contributed by atoms with Gasteiger partial charge in [-0.15, -0.1) is 24.8 Å². The summed E-state index contributed by atoms with van der Waals surface area (Å²) in [6.45, 7) is 5.02. The number of para-hydroxylation sites is 1. The van der Waals surface area contributed by atoms with E-state index >= 15 is 0 Å². The van der Waals surface area contributed by atoms with Gasteiger partial charge in [-0.2, -0.15) is 5.10 Å². The first kappa shape index (κ1) is 26.0. The largest absolute Gasteiger partial charge is 0.272 e. The van der Waals surface area contributed by atoms with Gasteiger partial charge in [0, 0.05) is 36.1 Å². The van der Waals surface area contributed by atoms with E-state index in [-0.39, 0.29) is 24.8 Å². The molecule has 1 aliphatic rings. The molecule has 0 bridgehead atoms. The van der Waals surface area contributed by atoms with Crippen LogP contribution in [0.3, 0.4) is 0 Å². The van der Waals surface area contributed by atoms with E-state index in [0.29, 0.717) is 0 Å². The maximum absolute atomic E-state index is 4.72. The second-order valence-electron chi connectivity index (χ2n) is 7.31. The molecule has 4 nitrogen and oxygen atoms in total. The lowest BCUT2D eigenvalue weighted by Crippen LogP contribution is -1.94. The van der Waals surface area contributed by atoms with E-state index < -0.39 is 0 Å². The van der Waals surface area contributed by atoms with Crippen LogP contribution < -0.4 is 0 Å². The summed E-state index contributed by atoms with van der Waals surface area (Å²) in [6.07, 6.45) is 17.4. The first-order valence-electron chi connectivity index (χ1n) is 10.6. The maximum Gasteiger partial charge on any atom is 0.119 e. The van der Waals surface area contributed by atoms with Crippen LogP contribution in [-0.4, -0.2) is 19.7 Å². The van der Waals surface area contributed by atoms with Gasteiger partial charge in [0.15, 0.2) is 0 Å². The van der Waals surface area contributed by atoms with E-state index in [1.54, 1.807) is 6.20 Å². The van der Waals surface area contributed by atoms with Crippen molar-refractivity contribution in [2.75, 3.05) is 0 Å². The van der Waals surface area contributed by atoms with Crippen molar-refractivity contribution >= 4 is 35.7 Å². The number of aromatic nitrogens is 4. The predicted molar refractivity (Wildman–Crippen MR) is 143 cm³/mol. The molecule has 0 atom stereocenters. The highest BCUT2D eigenvalue weighted by atomic mass is 35.5. The first-order valence-corrected chi connectivity index (χ1v) is 10.6. The molecule has 1 aliphatic carbocycles. The van der Waals surface area contributed by atoms with Gasteiger partial charge < -0.3 is 0 Å². The van der Waals surface area contributed by atoms with Crippen molar-refractivity contribution in [2.45, 2.75) is 26.8 Å². The van der Waals surface area contributed by atoms with Gasteiger partial charge in [-0.25, -0.2) is 0 Å². The molecule has 3 heterocycles. The monoisotopic (exact) mass is 478 g/mol. The van der Waals surface area contributed by atoms with E-state index in [2.05, 4.69) is 66.5 Å². The van der Waals surface area contributed by atoms with Crippen molar-refractivity contribution in [3.63, 3.8) is 0 Å². The maximum atomic E-state index is 4.72. The van der Waals surface area contributed by atoms with Crippen molar-refractivity contribution in [3.05, 3.63) is 103 Å². The molecular weight excluding hydrogens is 451 g/mol. The molecule has 0 saturated heterocycles. The van der Waals surface area contributed by atoms with Crippen LogP contribution >= 0.6 is 24.8 Å². The summed E-state index contributed by atoms with van der Waals surface area (Å²) in [5.41, 5.74) is 6.36. The highest BCUT2D eigenvalue weighted by Gasteiger charge is 2.15. The van der Waals surface area contributed by atoms with Crippen molar-refractivity contribution in [3.8, 4) is 22.5 Å². The van der Waals surface area contributed by atoms with Crippen LogP contribution in [-0.2, 0) is 6.54 Å². The van der Waals surface area contributed by atoms with E-state index in [9.17, 15) is 0 Å². The third kappa shape index (κ3) is 6.41. The molecule has 0 aliphatic heterocycles. The van der Waals surface area contributed by atoms with Gasteiger partial charge in [0.1, 0.15) is 5.69 Å². The van der Waals surface area contributed by atoms with Crippen molar-refractivity contribution in [2.24, 2.45) is 0 Å². The van der Waals surface area contributed by atoms with Crippen LogP contribution in [0, 0.1) is 0 Å². The van der Waals surface area contributed by atoms with Crippen LogP contribution in [0.15, 0.2) is 103 Å².